The number of halogens is 1. The van der Waals surface area contributed by atoms with Crippen molar-refractivity contribution in [1.29, 1.82) is 0 Å². The van der Waals surface area contributed by atoms with Gasteiger partial charge in [0, 0.05) is 16.8 Å². The van der Waals surface area contributed by atoms with E-state index < -0.39 is 22.8 Å². The Balaban J connectivity index is 1.58. The normalized spacial score (nSPS) is 17.8. The van der Waals surface area contributed by atoms with Gasteiger partial charge in [0.2, 0.25) is 5.76 Å². The Kier molecular flexibility index (Phi) is 5.02. The number of pyridine rings is 1. The molecule has 5 aromatic rings. The van der Waals surface area contributed by atoms with Gasteiger partial charge < -0.3 is 9.32 Å². The first-order chi connectivity index (χ1) is 18.9. The quantitative estimate of drug-likeness (QED) is 0.301. The number of rotatable bonds is 3. The molecule has 39 heavy (non-hydrogen) atoms. The first kappa shape index (κ1) is 23.4. The number of hydrogen-bond donors (Lipinski definition) is 0. The van der Waals surface area contributed by atoms with Gasteiger partial charge in [-0.1, -0.05) is 60.1 Å². The van der Waals surface area contributed by atoms with Gasteiger partial charge in [-0.25, -0.2) is 4.98 Å². The maximum atomic E-state index is 14.8. The second-order valence-electron chi connectivity index (χ2n) is 9.71. The number of para-hydroxylation sites is 1. The lowest BCUT2D eigenvalue weighted by Gasteiger charge is -2.33. The van der Waals surface area contributed by atoms with Gasteiger partial charge in [-0.2, -0.15) is 0 Å². The van der Waals surface area contributed by atoms with Crippen LogP contribution in [0.4, 0.5) is 11.5 Å². The van der Waals surface area contributed by atoms with Gasteiger partial charge in [-0.15, -0.1) is 0 Å². The summed E-state index contributed by atoms with van der Waals surface area (Å²) in [5.41, 5.74) is 0.751. The number of aromatic nitrogens is 1. The summed E-state index contributed by atoms with van der Waals surface area (Å²) in [7, 11) is 0. The molecule has 0 aliphatic carbocycles. The lowest BCUT2D eigenvalue weighted by Crippen LogP contribution is -2.54. The zero-order valence-electron chi connectivity index (χ0n) is 20.7. The van der Waals surface area contributed by atoms with Crippen LogP contribution in [0.15, 0.2) is 100 Å². The Labute approximate surface area is 227 Å². The van der Waals surface area contributed by atoms with E-state index in [2.05, 4.69) is 4.98 Å². The molecule has 1 spiro atoms. The summed E-state index contributed by atoms with van der Waals surface area (Å²) in [6.45, 7) is 2.12. The van der Waals surface area contributed by atoms with Crippen molar-refractivity contribution >= 4 is 45.9 Å². The van der Waals surface area contributed by atoms with Gasteiger partial charge in [0.05, 0.1) is 23.2 Å². The predicted octanol–water partition coefficient (Wildman–Crippen LogP) is 5.60. The maximum absolute atomic E-state index is 14.8. The van der Waals surface area contributed by atoms with Crippen LogP contribution < -0.4 is 15.2 Å². The molecule has 0 saturated heterocycles. The standard InChI is InChI=1S/C31H20ClN3O4/c1-18-13-14-33-25(15-18)35-29(37)28-26(27(36)21-16-20(32)11-12-24(21)39-28)31(35)22-9-5-6-10-23(22)34(30(31)38)17-19-7-3-2-4-8-19/h2-16H,17H2,1H3. The largest absolute Gasteiger partial charge is 0.450 e. The van der Waals surface area contributed by atoms with E-state index in [1.165, 1.54) is 11.0 Å². The van der Waals surface area contributed by atoms with E-state index in [1.54, 1.807) is 47.5 Å². The average Bonchev–Trinajstić information content (AvgIpc) is 3.34. The van der Waals surface area contributed by atoms with Gasteiger partial charge in [0.25, 0.3) is 11.8 Å². The van der Waals surface area contributed by atoms with E-state index >= 15 is 0 Å². The van der Waals surface area contributed by atoms with Crippen molar-refractivity contribution in [3.63, 3.8) is 0 Å². The third-order valence-electron chi connectivity index (χ3n) is 7.40. The molecule has 0 radical (unpaired) electrons. The van der Waals surface area contributed by atoms with Crippen molar-refractivity contribution in [1.82, 2.24) is 4.98 Å². The van der Waals surface area contributed by atoms with E-state index in [4.69, 9.17) is 16.0 Å². The fourth-order valence-electron chi connectivity index (χ4n) is 5.75. The summed E-state index contributed by atoms with van der Waals surface area (Å²) in [4.78, 5) is 50.7. The smallest absolute Gasteiger partial charge is 0.297 e. The minimum Gasteiger partial charge on any atom is -0.450 e. The summed E-state index contributed by atoms with van der Waals surface area (Å²) < 4.78 is 6.09. The highest BCUT2D eigenvalue weighted by Gasteiger charge is 2.66. The summed E-state index contributed by atoms with van der Waals surface area (Å²) in [5.74, 6) is -0.973. The third kappa shape index (κ3) is 3.17. The molecular formula is C31H20ClN3O4. The monoisotopic (exact) mass is 533 g/mol. The van der Waals surface area contributed by atoms with Crippen LogP contribution in [0.5, 0.6) is 0 Å². The van der Waals surface area contributed by atoms with E-state index in [0.29, 0.717) is 16.3 Å². The van der Waals surface area contributed by atoms with E-state index in [1.807, 2.05) is 49.4 Å². The molecule has 4 heterocycles. The zero-order chi connectivity index (χ0) is 26.9. The van der Waals surface area contributed by atoms with Gasteiger partial charge in [0.1, 0.15) is 11.4 Å². The molecule has 8 heteroatoms. The highest BCUT2D eigenvalue weighted by Crippen LogP contribution is 2.54. The van der Waals surface area contributed by atoms with Crippen LogP contribution in [0.2, 0.25) is 5.02 Å². The van der Waals surface area contributed by atoms with Crippen LogP contribution in [-0.4, -0.2) is 16.8 Å². The molecule has 0 N–H and O–H groups in total. The molecule has 0 bridgehead atoms. The molecule has 0 fully saturated rings. The van der Waals surface area contributed by atoms with Gasteiger partial charge in [0.15, 0.2) is 11.0 Å². The van der Waals surface area contributed by atoms with Gasteiger partial charge in [-0.3, -0.25) is 19.3 Å². The Morgan fingerprint density at radius 2 is 1.69 bits per heavy atom. The molecule has 7 nitrogen and oxygen atoms in total. The molecular weight excluding hydrogens is 514 g/mol. The minimum absolute atomic E-state index is 0.0291. The van der Waals surface area contributed by atoms with Gasteiger partial charge >= 0.3 is 0 Å². The average molecular weight is 534 g/mol. The van der Waals surface area contributed by atoms with Crippen molar-refractivity contribution in [2.24, 2.45) is 0 Å². The first-order valence-corrected chi connectivity index (χ1v) is 12.8. The summed E-state index contributed by atoms with van der Waals surface area (Å²) in [6.07, 6.45) is 1.58. The molecule has 0 saturated carbocycles. The molecule has 2 aromatic heterocycles. The number of benzene rings is 3. The SMILES string of the molecule is Cc1ccnc(N2C(=O)c3oc4ccc(Cl)cc4c(=O)c3C23C(=O)N(Cc2ccccc2)c2ccccc23)c1. The minimum atomic E-state index is -1.81. The second kappa shape index (κ2) is 8.38. The summed E-state index contributed by atoms with van der Waals surface area (Å²) >= 11 is 6.24. The Morgan fingerprint density at radius 3 is 2.49 bits per heavy atom. The van der Waals surface area contributed by atoms with E-state index in [9.17, 15) is 14.4 Å². The number of anilines is 2. The molecule has 190 valence electrons. The number of fused-ring (bicyclic) bond motifs is 5. The van der Waals surface area contributed by atoms with Crippen LogP contribution in [0, 0.1) is 6.92 Å². The Hall–Kier alpha value is -4.75. The lowest BCUT2D eigenvalue weighted by atomic mass is 9.84. The molecule has 3 aromatic carbocycles. The van der Waals surface area contributed by atoms with Crippen LogP contribution in [0.1, 0.15) is 32.8 Å². The maximum Gasteiger partial charge on any atom is 0.297 e. The molecule has 2 amide bonds. The third-order valence-corrected chi connectivity index (χ3v) is 7.63. The number of carbonyl (C=O) groups excluding carboxylic acids is 2. The number of amides is 2. The van der Waals surface area contributed by atoms with Crippen molar-refractivity contribution in [2.75, 3.05) is 9.80 Å². The van der Waals surface area contributed by atoms with Crippen molar-refractivity contribution < 1.29 is 14.0 Å². The molecule has 1 unspecified atom stereocenters. The summed E-state index contributed by atoms with van der Waals surface area (Å²) in [5, 5.41) is 0.536. The summed E-state index contributed by atoms with van der Waals surface area (Å²) in [6, 6.07) is 25.0. The molecule has 1 atom stereocenters. The Morgan fingerprint density at radius 1 is 0.923 bits per heavy atom. The number of hydrogen-bond acceptors (Lipinski definition) is 5. The molecule has 7 rings (SSSR count). The number of carbonyl (C=O) groups is 2. The van der Waals surface area contributed by atoms with Crippen LogP contribution in [-0.2, 0) is 16.9 Å². The van der Waals surface area contributed by atoms with Gasteiger partial charge in [-0.05, 0) is 54.4 Å². The fraction of sp³-hybridized carbons (Fsp3) is 0.0968. The second-order valence-corrected chi connectivity index (χ2v) is 10.1. The first-order valence-electron chi connectivity index (χ1n) is 12.4. The fourth-order valence-corrected chi connectivity index (χ4v) is 5.92. The Bertz CT molecular complexity index is 1900. The molecule has 2 aliphatic heterocycles. The molecule has 2 aliphatic rings. The van der Waals surface area contributed by atoms with E-state index in [-0.39, 0.29) is 34.7 Å². The van der Waals surface area contributed by atoms with Crippen LogP contribution in [0.25, 0.3) is 11.0 Å². The van der Waals surface area contributed by atoms with Crippen LogP contribution >= 0.6 is 11.6 Å². The highest BCUT2D eigenvalue weighted by atomic mass is 35.5. The van der Waals surface area contributed by atoms with Crippen LogP contribution in [0.3, 0.4) is 0 Å². The predicted molar refractivity (Wildman–Crippen MR) is 148 cm³/mol. The number of nitrogens with zero attached hydrogens (tertiary/aromatic N) is 3. The van der Waals surface area contributed by atoms with E-state index in [0.717, 1.165) is 11.1 Å². The van der Waals surface area contributed by atoms with Crippen molar-refractivity contribution in [2.45, 2.75) is 19.0 Å². The highest BCUT2D eigenvalue weighted by molar-refractivity contribution is 6.31. The van der Waals surface area contributed by atoms with Crippen molar-refractivity contribution in [3.8, 4) is 0 Å². The lowest BCUT2D eigenvalue weighted by molar-refractivity contribution is -0.121. The zero-order valence-corrected chi connectivity index (χ0v) is 21.5. The topological polar surface area (TPSA) is 83.7 Å². The van der Waals surface area contributed by atoms with Crippen molar-refractivity contribution in [3.05, 3.63) is 134 Å². The number of aryl methyl sites for hydroxylation is 1.